The number of amides is 2. The summed E-state index contributed by atoms with van der Waals surface area (Å²) in [5.41, 5.74) is 0.353. The third-order valence-corrected chi connectivity index (χ3v) is 5.57. The Balaban J connectivity index is 1.70. The number of halogens is 1. The predicted molar refractivity (Wildman–Crippen MR) is 121 cm³/mol. The molecular formula is C21H22BrN3O3S. The van der Waals surface area contributed by atoms with Crippen molar-refractivity contribution in [3.63, 3.8) is 0 Å². The second-order valence-corrected chi connectivity index (χ2v) is 8.97. The Kier molecular flexibility index (Phi) is 6.54. The van der Waals surface area contributed by atoms with E-state index < -0.39 is 5.60 Å². The van der Waals surface area contributed by atoms with Crippen molar-refractivity contribution in [1.29, 1.82) is 0 Å². The van der Waals surface area contributed by atoms with Gasteiger partial charge >= 0.3 is 0 Å². The first-order valence-corrected chi connectivity index (χ1v) is 10.8. The summed E-state index contributed by atoms with van der Waals surface area (Å²) in [5.74, 6) is 0.298. The molecule has 0 unspecified atom stereocenters. The van der Waals surface area contributed by atoms with Crippen LogP contribution >= 0.6 is 27.3 Å². The van der Waals surface area contributed by atoms with Crippen LogP contribution in [0.4, 0.5) is 10.8 Å². The second-order valence-electron chi connectivity index (χ2n) is 7.02. The fourth-order valence-corrected chi connectivity index (χ4v) is 3.78. The zero-order valence-corrected chi connectivity index (χ0v) is 18.8. The van der Waals surface area contributed by atoms with Gasteiger partial charge in [-0.3, -0.25) is 9.59 Å². The van der Waals surface area contributed by atoms with Crippen molar-refractivity contribution in [2.24, 2.45) is 0 Å². The maximum absolute atomic E-state index is 12.7. The zero-order chi connectivity index (χ0) is 21.0. The number of nitrogens with zero attached hydrogens (tertiary/aromatic N) is 1. The number of benzene rings is 2. The largest absolute Gasteiger partial charge is 0.478 e. The second kappa shape index (κ2) is 8.92. The summed E-state index contributed by atoms with van der Waals surface area (Å²) in [6.07, 6.45) is 1.25. The van der Waals surface area contributed by atoms with E-state index >= 15 is 0 Å². The first-order chi connectivity index (χ1) is 13.8. The molecule has 0 aliphatic carbocycles. The number of hydrogen-bond donors (Lipinski definition) is 2. The van der Waals surface area contributed by atoms with E-state index in [9.17, 15) is 9.59 Å². The third-order valence-electron chi connectivity index (χ3n) is 4.10. The van der Waals surface area contributed by atoms with Gasteiger partial charge in [0.05, 0.1) is 10.2 Å². The SMILES string of the molecule is CCCC(=O)Nc1nc2ccc(NC(=O)C(C)(C)Oc3ccc(Br)cc3)cc2s1. The van der Waals surface area contributed by atoms with Crippen LogP contribution < -0.4 is 15.4 Å². The molecule has 0 spiro atoms. The molecule has 0 aliphatic heterocycles. The maximum atomic E-state index is 12.7. The van der Waals surface area contributed by atoms with Crippen LogP contribution in [0, 0.1) is 0 Å². The van der Waals surface area contributed by atoms with E-state index in [-0.39, 0.29) is 11.8 Å². The molecule has 0 atom stereocenters. The molecule has 2 aromatic carbocycles. The number of thiazole rings is 1. The molecule has 3 aromatic rings. The van der Waals surface area contributed by atoms with Crippen molar-refractivity contribution in [2.45, 2.75) is 39.2 Å². The molecule has 1 heterocycles. The highest BCUT2D eigenvalue weighted by molar-refractivity contribution is 9.10. The lowest BCUT2D eigenvalue weighted by Gasteiger charge is -2.25. The zero-order valence-electron chi connectivity index (χ0n) is 16.4. The van der Waals surface area contributed by atoms with E-state index in [0.29, 0.717) is 23.0 Å². The maximum Gasteiger partial charge on any atom is 0.267 e. The molecule has 1 aromatic heterocycles. The van der Waals surface area contributed by atoms with Crippen LogP contribution in [0.2, 0.25) is 0 Å². The normalized spacial score (nSPS) is 11.3. The number of anilines is 2. The predicted octanol–water partition coefficient (Wildman–Crippen LogP) is 5.59. The van der Waals surface area contributed by atoms with Crippen molar-refractivity contribution in [1.82, 2.24) is 4.98 Å². The van der Waals surface area contributed by atoms with Gasteiger partial charge in [0.25, 0.3) is 5.91 Å². The number of rotatable bonds is 7. The lowest BCUT2D eigenvalue weighted by Crippen LogP contribution is -2.42. The van der Waals surface area contributed by atoms with Crippen molar-refractivity contribution in [3.05, 3.63) is 46.9 Å². The number of nitrogens with one attached hydrogen (secondary N) is 2. The van der Waals surface area contributed by atoms with E-state index in [2.05, 4.69) is 31.5 Å². The molecule has 0 saturated carbocycles. The summed E-state index contributed by atoms with van der Waals surface area (Å²) < 4.78 is 7.68. The number of carbonyl (C=O) groups is 2. The quantitative estimate of drug-likeness (QED) is 0.466. The van der Waals surface area contributed by atoms with Crippen LogP contribution in [0.25, 0.3) is 10.2 Å². The average molecular weight is 476 g/mol. The topological polar surface area (TPSA) is 80.3 Å². The van der Waals surface area contributed by atoms with Gasteiger partial charge in [-0.25, -0.2) is 4.98 Å². The molecule has 0 aliphatic rings. The molecule has 0 radical (unpaired) electrons. The summed E-state index contributed by atoms with van der Waals surface area (Å²) in [7, 11) is 0. The molecule has 3 rings (SSSR count). The standard InChI is InChI=1S/C21H22BrN3O3S/c1-4-5-18(26)25-20-24-16-11-8-14(12-17(16)29-20)23-19(27)21(2,3)28-15-9-6-13(22)7-10-15/h6-12H,4-5H2,1-3H3,(H,23,27)(H,24,25,26). The molecule has 152 valence electrons. The summed E-state index contributed by atoms with van der Waals surface area (Å²) in [6.45, 7) is 5.39. The number of aromatic nitrogens is 1. The van der Waals surface area contributed by atoms with Gasteiger partial charge in [0.1, 0.15) is 5.75 Å². The highest BCUT2D eigenvalue weighted by atomic mass is 79.9. The molecular weight excluding hydrogens is 454 g/mol. The molecule has 0 fully saturated rings. The van der Waals surface area contributed by atoms with Gasteiger partial charge in [-0.05, 0) is 62.7 Å². The molecule has 0 bridgehead atoms. The van der Waals surface area contributed by atoms with Gasteiger partial charge < -0.3 is 15.4 Å². The van der Waals surface area contributed by atoms with Gasteiger partial charge in [0.2, 0.25) is 5.91 Å². The Morgan fingerprint density at radius 2 is 1.86 bits per heavy atom. The van der Waals surface area contributed by atoms with E-state index in [1.54, 1.807) is 32.0 Å². The molecule has 8 heteroatoms. The number of carbonyl (C=O) groups excluding carboxylic acids is 2. The molecule has 2 N–H and O–H groups in total. The van der Waals surface area contributed by atoms with Crippen LogP contribution in [0.3, 0.4) is 0 Å². The lowest BCUT2D eigenvalue weighted by atomic mass is 10.1. The van der Waals surface area contributed by atoms with Gasteiger partial charge in [-0.2, -0.15) is 0 Å². The fraction of sp³-hybridized carbons (Fsp3) is 0.286. The fourth-order valence-electron chi connectivity index (χ4n) is 2.59. The summed E-state index contributed by atoms with van der Waals surface area (Å²) >= 11 is 4.75. The monoisotopic (exact) mass is 475 g/mol. The van der Waals surface area contributed by atoms with Crippen LogP contribution in [-0.4, -0.2) is 22.4 Å². The summed E-state index contributed by atoms with van der Waals surface area (Å²) in [4.78, 5) is 28.9. The molecule has 2 amide bonds. The van der Waals surface area contributed by atoms with Gasteiger partial charge in [0, 0.05) is 16.6 Å². The van der Waals surface area contributed by atoms with Crippen LogP contribution in [0.5, 0.6) is 5.75 Å². The number of ether oxygens (including phenoxy) is 1. The first-order valence-electron chi connectivity index (χ1n) is 9.23. The number of hydrogen-bond acceptors (Lipinski definition) is 5. The van der Waals surface area contributed by atoms with Crippen molar-refractivity contribution >= 4 is 60.1 Å². The third kappa shape index (κ3) is 5.55. The van der Waals surface area contributed by atoms with E-state index in [1.165, 1.54) is 11.3 Å². The average Bonchev–Trinajstić information content (AvgIpc) is 3.05. The Hall–Kier alpha value is -2.45. The molecule has 6 nitrogen and oxygen atoms in total. The summed E-state index contributed by atoms with van der Waals surface area (Å²) in [6, 6.07) is 12.8. The van der Waals surface area contributed by atoms with Gasteiger partial charge in [-0.15, -0.1) is 0 Å². The van der Waals surface area contributed by atoms with E-state index in [4.69, 9.17) is 4.74 Å². The van der Waals surface area contributed by atoms with E-state index in [0.717, 1.165) is 21.1 Å². The van der Waals surface area contributed by atoms with Crippen LogP contribution in [0.15, 0.2) is 46.9 Å². The van der Waals surface area contributed by atoms with Crippen molar-refractivity contribution in [2.75, 3.05) is 10.6 Å². The highest BCUT2D eigenvalue weighted by Crippen LogP contribution is 2.29. The van der Waals surface area contributed by atoms with Crippen LogP contribution in [-0.2, 0) is 9.59 Å². The Bertz CT molecular complexity index is 1030. The van der Waals surface area contributed by atoms with E-state index in [1.807, 2.05) is 31.2 Å². The highest BCUT2D eigenvalue weighted by Gasteiger charge is 2.30. The minimum atomic E-state index is -1.06. The molecule has 29 heavy (non-hydrogen) atoms. The first kappa shape index (κ1) is 21.3. The summed E-state index contributed by atoms with van der Waals surface area (Å²) in [5, 5.41) is 6.26. The lowest BCUT2D eigenvalue weighted by molar-refractivity contribution is -0.128. The van der Waals surface area contributed by atoms with Crippen molar-refractivity contribution in [3.8, 4) is 5.75 Å². The Morgan fingerprint density at radius 3 is 2.55 bits per heavy atom. The Morgan fingerprint density at radius 1 is 1.14 bits per heavy atom. The van der Waals surface area contributed by atoms with Gasteiger partial charge in [-0.1, -0.05) is 34.2 Å². The minimum absolute atomic E-state index is 0.0491. The number of fused-ring (bicyclic) bond motifs is 1. The van der Waals surface area contributed by atoms with Crippen molar-refractivity contribution < 1.29 is 14.3 Å². The minimum Gasteiger partial charge on any atom is -0.478 e. The van der Waals surface area contributed by atoms with Crippen LogP contribution in [0.1, 0.15) is 33.6 Å². The Labute approximate surface area is 181 Å². The smallest absolute Gasteiger partial charge is 0.267 e. The van der Waals surface area contributed by atoms with Gasteiger partial charge in [0.15, 0.2) is 10.7 Å². The molecule has 0 saturated heterocycles.